The molecular formula is C14H19N5O3S. The highest BCUT2D eigenvalue weighted by Crippen LogP contribution is 2.17. The summed E-state index contributed by atoms with van der Waals surface area (Å²) in [5.41, 5.74) is 2.22. The first-order chi connectivity index (χ1) is 10.8. The van der Waals surface area contributed by atoms with Gasteiger partial charge in [0.15, 0.2) is 6.61 Å². The monoisotopic (exact) mass is 337 g/mol. The molecule has 0 bridgehead atoms. The molecule has 8 nitrogen and oxygen atoms in total. The van der Waals surface area contributed by atoms with Gasteiger partial charge in [0.25, 0.3) is 11.7 Å². The van der Waals surface area contributed by atoms with Crippen LogP contribution in [-0.2, 0) is 20.7 Å². The topological polar surface area (TPSA) is 89.7 Å². The number of rotatable bonds is 5. The number of thioether (sulfide) groups is 1. The molecule has 0 saturated heterocycles. The van der Waals surface area contributed by atoms with Crippen LogP contribution >= 0.6 is 11.8 Å². The van der Waals surface area contributed by atoms with Crippen LogP contribution in [0.3, 0.4) is 0 Å². The van der Waals surface area contributed by atoms with Gasteiger partial charge >= 0.3 is 5.97 Å². The zero-order valence-electron chi connectivity index (χ0n) is 13.8. The van der Waals surface area contributed by atoms with Crippen LogP contribution in [-0.4, -0.2) is 63.3 Å². The Labute approximate surface area is 138 Å². The molecule has 0 spiro atoms. The lowest BCUT2D eigenvalue weighted by atomic mass is 10.1. The Hall–Kier alpha value is -2.16. The summed E-state index contributed by atoms with van der Waals surface area (Å²) in [6, 6.07) is 0. The number of aromatic nitrogens is 4. The van der Waals surface area contributed by atoms with Crippen molar-refractivity contribution in [1.29, 1.82) is 0 Å². The summed E-state index contributed by atoms with van der Waals surface area (Å²) in [5.74, 6) is -0.233. The van der Waals surface area contributed by atoms with Crippen LogP contribution in [0.5, 0.6) is 0 Å². The van der Waals surface area contributed by atoms with E-state index in [1.165, 1.54) is 16.7 Å². The van der Waals surface area contributed by atoms with E-state index in [2.05, 4.69) is 15.1 Å². The van der Waals surface area contributed by atoms with E-state index in [0.717, 1.165) is 11.3 Å². The first kappa shape index (κ1) is 17.2. The van der Waals surface area contributed by atoms with Crippen LogP contribution in [0.4, 0.5) is 0 Å². The van der Waals surface area contributed by atoms with Crippen molar-refractivity contribution in [2.24, 2.45) is 0 Å². The van der Waals surface area contributed by atoms with E-state index in [0.29, 0.717) is 16.6 Å². The van der Waals surface area contributed by atoms with Gasteiger partial charge < -0.3 is 9.64 Å². The van der Waals surface area contributed by atoms with Crippen molar-refractivity contribution in [1.82, 2.24) is 24.5 Å². The van der Waals surface area contributed by atoms with Gasteiger partial charge in [0.1, 0.15) is 0 Å². The highest BCUT2D eigenvalue weighted by molar-refractivity contribution is 7.98. The lowest BCUT2D eigenvalue weighted by molar-refractivity contribution is -0.150. The van der Waals surface area contributed by atoms with Gasteiger partial charge in [-0.1, -0.05) is 11.8 Å². The van der Waals surface area contributed by atoms with Crippen molar-refractivity contribution in [3.63, 3.8) is 0 Å². The van der Waals surface area contributed by atoms with E-state index in [-0.39, 0.29) is 18.9 Å². The highest BCUT2D eigenvalue weighted by Gasteiger charge is 2.17. The molecule has 2 aromatic heterocycles. The number of esters is 1. The second-order valence-electron chi connectivity index (χ2n) is 5.20. The SMILES string of the molecule is CSc1nc2nc(C)c(CC(=O)OCC(=O)N(C)C)c(C)n2n1. The number of amides is 1. The van der Waals surface area contributed by atoms with Crippen LogP contribution in [0, 0.1) is 13.8 Å². The van der Waals surface area contributed by atoms with Crippen molar-refractivity contribution in [2.75, 3.05) is 27.0 Å². The summed E-state index contributed by atoms with van der Waals surface area (Å²) >= 11 is 1.43. The third-order valence-electron chi connectivity index (χ3n) is 3.39. The molecule has 124 valence electrons. The fourth-order valence-electron chi connectivity index (χ4n) is 2.00. The average Bonchev–Trinajstić information content (AvgIpc) is 2.92. The third kappa shape index (κ3) is 3.79. The molecule has 0 aliphatic heterocycles. The fourth-order valence-corrected chi connectivity index (χ4v) is 2.34. The van der Waals surface area contributed by atoms with Crippen LogP contribution < -0.4 is 0 Å². The summed E-state index contributed by atoms with van der Waals surface area (Å²) < 4.78 is 6.63. The zero-order valence-corrected chi connectivity index (χ0v) is 14.6. The largest absolute Gasteiger partial charge is 0.455 e. The molecule has 0 radical (unpaired) electrons. The molecule has 0 aliphatic carbocycles. The van der Waals surface area contributed by atoms with Crippen LogP contribution in [0.2, 0.25) is 0 Å². The van der Waals surface area contributed by atoms with Gasteiger partial charge in [-0.3, -0.25) is 9.59 Å². The second kappa shape index (κ2) is 6.95. The maximum Gasteiger partial charge on any atom is 0.310 e. The Morgan fingerprint density at radius 1 is 1.26 bits per heavy atom. The zero-order chi connectivity index (χ0) is 17.1. The van der Waals surface area contributed by atoms with Gasteiger partial charge in [0.05, 0.1) is 6.42 Å². The highest BCUT2D eigenvalue weighted by atomic mass is 32.2. The minimum absolute atomic E-state index is 0.0375. The molecule has 0 N–H and O–H groups in total. The van der Waals surface area contributed by atoms with Crippen LogP contribution in [0.15, 0.2) is 5.16 Å². The Bertz CT molecular complexity index is 756. The molecule has 9 heteroatoms. The summed E-state index contributed by atoms with van der Waals surface area (Å²) in [5, 5.41) is 4.95. The molecular weight excluding hydrogens is 318 g/mol. The van der Waals surface area contributed by atoms with E-state index < -0.39 is 5.97 Å². The molecule has 0 saturated carbocycles. The number of likely N-dealkylation sites (N-methyl/N-ethyl adjacent to an activating group) is 1. The molecule has 0 aromatic carbocycles. The number of aryl methyl sites for hydroxylation is 2. The van der Waals surface area contributed by atoms with Gasteiger partial charge in [-0.05, 0) is 20.1 Å². The maximum atomic E-state index is 12.0. The standard InChI is InChI=1S/C14H19N5O3S/c1-8-10(6-12(21)22-7-11(20)18(3)4)9(2)19-13(15-8)16-14(17-19)23-5/h6-7H2,1-5H3. The second-order valence-corrected chi connectivity index (χ2v) is 5.97. The number of ether oxygens (including phenoxy) is 1. The maximum absolute atomic E-state index is 12.0. The van der Waals surface area contributed by atoms with Crippen LogP contribution in [0.1, 0.15) is 17.0 Å². The summed E-state index contributed by atoms with van der Waals surface area (Å²) in [6.45, 7) is 3.40. The molecule has 1 amide bonds. The number of carbonyl (C=O) groups excluding carboxylic acids is 2. The van der Waals surface area contributed by atoms with Gasteiger partial charge in [-0.15, -0.1) is 5.10 Å². The fraction of sp³-hybridized carbons (Fsp3) is 0.500. The Morgan fingerprint density at radius 3 is 2.57 bits per heavy atom. The van der Waals surface area contributed by atoms with Crippen molar-refractivity contribution >= 4 is 29.4 Å². The molecule has 0 aliphatic rings. The number of nitrogens with zero attached hydrogens (tertiary/aromatic N) is 5. The quantitative estimate of drug-likeness (QED) is 0.584. The molecule has 2 rings (SSSR count). The minimum Gasteiger partial charge on any atom is -0.455 e. The van der Waals surface area contributed by atoms with E-state index in [9.17, 15) is 9.59 Å². The minimum atomic E-state index is -0.474. The molecule has 23 heavy (non-hydrogen) atoms. The number of carbonyl (C=O) groups is 2. The summed E-state index contributed by atoms with van der Waals surface area (Å²) in [6.07, 6.45) is 1.92. The number of hydrogen-bond donors (Lipinski definition) is 0. The lowest BCUT2D eigenvalue weighted by Crippen LogP contribution is -2.28. The van der Waals surface area contributed by atoms with Crippen molar-refractivity contribution in [2.45, 2.75) is 25.4 Å². The van der Waals surface area contributed by atoms with E-state index in [1.54, 1.807) is 18.6 Å². The predicted molar refractivity (Wildman–Crippen MR) is 85.4 cm³/mol. The van der Waals surface area contributed by atoms with E-state index in [1.807, 2.05) is 20.1 Å². The third-order valence-corrected chi connectivity index (χ3v) is 3.93. The summed E-state index contributed by atoms with van der Waals surface area (Å²) in [7, 11) is 3.21. The Balaban J connectivity index is 2.19. The van der Waals surface area contributed by atoms with Crippen molar-refractivity contribution < 1.29 is 14.3 Å². The van der Waals surface area contributed by atoms with Gasteiger partial charge in [-0.25, -0.2) is 9.50 Å². The number of hydrogen-bond acceptors (Lipinski definition) is 7. The first-order valence-corrected chi connectivity index (χ1v) is 8.18. The number of fused-ring (bicyclic) bond motifs is 1. The van der Waals surface area contributed by atoms with Crippen molar-refractivity contribution in [3.05, 3.63) is 17.0 Å². The normalized spacial score (nSPS) is 10.8. The van der Waals surface area contributed by atoms with Crippen LogP contribution in [0.25, 0.3) is 5.78 Å². The van der Waals surface area contributed by atoms with E-state index >= 15 is 0 Å². The summed E-state index contributed by atoms with van der Waals surface area (Å²) in [4.78, 5) is 33.5. The molecule has 0 atom stereocenters. The van der Waals surface area contributed by atoms with E-state index in [4.69, 9.17) is 4.74 Å². The first-order valence-electron chi connectivity index (χ1n) is 6.96. The molecule has 0 fully saturated rings. The molecule has 2 aromatic rings. The van der Waals surface area contributed by atoms with Gasteiger partial charge in [0.2, 0.25) is 5.16 Å². The smallest absolute Gasteiger partial charge is 0.310 e. The average molecular weight is 337 g/mol. The van der Waals surface area contributed by atoms with Gasteiger partial charge in [0, 0.05) is 31.0 Å². The molecule has 0 unspecified atom stereocenters. The Morgan fingerprint density at radius 2 is 1.96 bits per heavy atom. The lowest BCUT2D eigenvalue weighted by Gasteiger charge is -2.12. The van der Waals surface area contributed by atoms with Crippen molar-refractivity contribution in [3.8, 4) is 0 Å². The van der Waals surface area contributed by atoms with Gasteiger partial charge in [-0.2, -0.15) is 4.98 Å². The molecule has 2 heterocycles. The predicted octanol–water partition coefficient (Wildman–Crippen LogP) is 0.637. The Kier molecular flexibility index (Phi) is 5.19.